The number of benzene rings is 2. The zero-order valence-electron chi connectivity index (χ0n) is 16.8. The average molecular weight is 435 g/mol. The summed E-state index contributed by atoms with van der Waals surface area (Å²) in [6.07, 6.45) is 0. The van der Waals surface area contributed by atoms with E-state index in [2.05, 4.69) is 4.72 Å². The van der Waals surface area contributed by atoms with Gasteiger partial charge in [-0.15, -0.1) is 0 Å². The summed E-state index contributed by atoms with van der Waals surface area (Å²) in [5.41, 5.74) is -0.359. The van der Waals surface area contributed by atoms with Crippen LogP contribution in [0.25, 0.3) is 0 Å². The Morgan fingerprint density at radius 1 is 1.13 bits per heavy atom. The van der Waals surface area contributed by atoms with E-state index in [1.165, 1.54) is 19.1 Å². The highest BCUT2D eigenvalue weighted by Gasteiger charge is 2.41. The molecule has 1 aliphatic heterocycles. The zero-order chi connectivity index (χ0) is 21.6. The van der Waals surface area contributed by atoms with Gasteiger partial charge in [-0.2, -0.15) is 0 Å². The Kier molecular flexibility index (Phi) is 7.09. The van der Waals surface area contributed by atoms with E-state index >= 15 is 0 Å². The lowest BCUT2D eigenvalue weighted by Crippen LogP contribution is -2.61. The van der Waals surface area contributed by atoms with Gasteiger partial charge in [0.15, 0.2) is 0 Å². The van der Waals surface area contributed by atoms with Gasteiger partial charge in [-0.3, -0.25) is 9.69 Å². The molecule has 8 nitrogen and oxygen atoms in total. The number of carboxylic acid groups (broad SMARTS) is 1. The minimum absolute atomic E-state index is 0.0456. The number of carboxylic acids is 1. The molecule has 1 saturated heterocycles. The van der Waals surface area contributed by atoms with Gasteiger partial charge in [-0.25, -0.2) is 13.1 Å². The monoisotopic (exact) mass is 434 g/mol. The lowest BCUT2D eigenvalue weighted by molar-refractivity contribution is -0.152. The molecule has 0 unspecified atom stereocenters. The number of aliphatic carboxylic acids is 1. The second kappa shape index (κ2) is 9.57. The van der Waals surface area contributed by atoms with Gasteiger partial charge >= 0.3 is 5.97 Å². The summed E-state index contributed by atoms with van der Waals surface area (Å²) in [5.74, 6) is -0.543. The number of nitrogens with one attached hydrogen (secondary N) is 1. The van der Waals surface area contributed by atoms with Crippen molar-refractivity contribution < 1.29 is 27.8 Å². The molecule has 1 aliphatic rings. The van der Waals surface area contributed by atoms with Crippen LogP contribution in [0.3, 0.4) is 0 Å². The molecule has 9 heteroatoms. The number of morpholine rings is 1. The van der Waals surface area contributed by atoms with Crippen LogP contribution in [0.4, 0.5) is 0 Å². The Balaban J connectivity index is 1.63. The topological polar surface area (TPSA) is 105 Å². The molecule has 0 aromatic heterocycles. The fourth-order valence-corrected chi connectivity index (χ4v) is 4.29. The second-order valence-corrected chi connectivity index (χ2v) is 9.02. The quantitative estimate of drug-likeness (QED) is 0.619. The van der Waals surface area contributed by atoms with Crippen molar-refractivity contribution >= 4 is 16.0 Å². The predicted molar refractivity (Wildman–Crippen MR) is 111 cm³/mol. The van der Waals surface area contributed by atoms with Gasteiger partial charge in [-0.05, 0) is 36.8 Å². The minimum Gasteiger partial charge on any atom is -0.489 e. The third kappa shape index (κ3) is 5.37. The first kappa shape index (κ1) is 22.2. The van der Waals surface area contributed by atoms with Crippen molar-refractivity contribution in [3.05, 3.63) is 60.2 Å². The zero-order valence-corrected chi connectivity index (χ0v) is 17.6. The maximum atomic E-state index is 12.7. The van der Waals surface area contributed by atoms with Crippen molar-refractivity contribution in [2.24, 2.45) is 0 Å². The lowest BCUT2D eigenvalue weighted by Gasteiger charge is -2.40. The average Bonchev–Trinajstić information content (AvgIpc) is 2.77. The summed E-state index contributed by atoms with van der Waals surface area (Å²) in [6.45, 7) is 3.33. The minimum atomic E-state index is -3.88. The second-order valence-electron chi connectivity index (χ2n) is 7.25. The summed E-state index contributed by atoms with van der Waals surface area (Å²) in [4.78, 5) is 13.6. The molecule has 2 aromatic carbocycles. The molecule has 0 amide bonds. The number of ether oxygens (including phenoxy) is 2. The summed E-state index contributed by atoms with van der Waals surface area (Å²) in [7, 11) is -3.88. The first-order chi connectivity index (χ1) is 14.3. The SMILES string of the molecule is C[C@](CNS(=O)(=O)c1ccc(OCc2ccccc2)cc1)(C(=O)O)N1CCOCC1. The van der Waals surface area contributed by atoms with Gasteiger partial charge in [0.25, 0.3) is 0 Å². The predicted octanol–water partition coefficient (Wildman–Crippen LogP) is 1.72. The van der Waals surface area contributed by atoms with Gasteiger partial charge in [-0.1, -0.05) is 30.3 Å². The van der Waals surface area contributed by atoms with Crippen LogP contribution in [0, 0.1) is 0 Å². The Morgan fingerprint density at radius 3 is 2.37 bits per heavy atom. The Labute approximate surface area is 176 Å². The van der Waals surface area contributed by atoms with Crippen LogP contribution in [-0.4, -0.2) is 62.8 Å². The van der Waals surface area contributed by atoms with Gasteiger partial charge in [0.05, 0.1) is 18.1 Å². The maximum absolute atomic E-state index is 12.7. The standard InChI is InChI=1S/C21H26N2O6S/c1-21(20(24)25,23-11-13-28-14-12-23)16-22-30(26,27)19-9-7-18(8-10-19)29-15-17-5-3-2-4-6-17/h2-10,22H,11-16H2,1H3,(H,24,25)/t21-/m0/s1. The van der Waals surface area contributed by atoms with E-state index in [1.54, 1.807) is 17.0 Å². The van der Waals surface area contributed by atoms with Gasteiger partial charge in [0.1, 0.15) is 17.9 Å². The van der Waals surface area contributed by atoms with Crippen LogP contribution < -0.4 is 9.46 Å². The van der Waals surface area contributed by atoms with Crippen LogP contribution in [0.15, 0.2) is 59.5 Å². The summed E-state index contributed by atoms with van der Waals surface area (Å²) in [6, 6.07) is 15.7. The fourth-order valence-electron chi connectivity index (χ4n) is 3.15. The molecular weight excluding hydrogens is 408 g/mol. The molecule has 0 spiro atoms. The molecule has 0 aliphatic carbocycles. The molecule has 162 valence electrons. The third-order valence-corrected chi connectivity index (χ3v) is 6.58. The first-order valence-corrected chi connectivity index (χ1v) is 11.1. The van der Waals surface area contributed by atoms with Crippen LogP contribution >= 0.6 is 0 Å². The van der Waals surface area contributed by atoms with Crippen LogP contribution in [0.5, 0.6) is 5.75 Å². The van der Waals surface area contributed by atoms with Crippen molar-refractivity contribution in [1.82, 2.24) is 9.62 Å². The summed E-state index contributed by atoms with van der Waals surface area (Å²) in [5, 5.41) is 9.71. The van der Waals surface area contributed by atoms with Gasteiger partial charge in [0.2, 0.25) is 10.0 Å². The molecule has 0 radical (unpaired) electrons. The molecule has 0 bridgehead atoms. The van der Waals surface area contributed by atoms with Crippen LogP contribution in [-0.2, 0) is 26.2 Å². The smallest absolute Gasteiger partial charge is 0.325 e. The van der Waals surface area contributed by atoms with Crippen molar-refractivity contribution in [2.45, 2.75) is 24.0 Å². The molecule has 30 heavy (non-hydrogen) atoms. The van der Waals surface area contributed by atoms with E-state index in [0.29, 0.717) is 38.7 Å². The molecule has 3 rings (SSSR count). The summed E-state index contributed by atoms with van der Waals surface area (Å²) >= 11 is 0. The van der Waals surface area contributed by atoms with E-state index in [1.807, 2.05) is 30.3 Å². The molecular formula is C21H26N2O6S. The van der Waals surface area contributed by atoms with Crippen LogP contribution in [0.2, 0.25) is 0 Å². The first-order valence-electron chi connectivity index (χ1n) is 9.64. The summed E-state index contributed by atoms with van der Waals surface area (Å²) < 4.78 is 38.8. The maximum Gasteiger partial charge on any atom is 0.325 e. The van der Waals surface area contributed by atoms with E-state index < -0.39 is 21.5 Å². The van der Waals surface area contributed by atoms with E-state index in [9.17, 15) is 18.3 Å². The van der Waals surface area contributed by atoms with E-state index in [4.69, 9.17) is 9.47 Å². The number of carbonyl (C=O) groups is 1. The Morgan fingerprint density at radius 2 is 1.77 bits per heavy atom. The van der Waals surface area contributed by atoms with Crippen molar-refractivity contribution in [3.8, 4) is 5.75 Å². The van der Waals surface area contributed by atoms with Gasteiger partial charge in [0, 0.05) is 19.6 Å². The number of rotatable bonds is 9. The molecule has 2 aromatic rings. The fraction of sp³-hybridized carbons (Fsp3) is 0.381. The number of nitrogens with zero attached hydrogens (tertiary/aromatic N) is 1. The lowest BCUT2D eigenvalue weighted by atomic mass is 10.00. The highest BCUT2D eigenvalue weighted by atomic mass is 32.2. The Bertz CT molecular complexity index is 943. The van der Waals surface area contributed by atoms with Gasteiger partial charge < -0.3 is 14.6 Å². The molecule has 1 atom stereocenters. The number of sulfonamides is 1. The highest BCUT2D eigenvalue weighted by molar-refractivity contribution is 7.89. The van der Waals surface area contributed by atoms with E-state index in [0.717, 1.165) is 5.56 Å². The van der Waals surface area contributed by atoms with Crippen molar-refractivity contribution in [3.63, 3.8) is 0 Å². The molecule has 2 N–H and O–H groups in total. The number of hydrogen-bond donors (Lipinski definition) is 2. The third-order valence-electron chi connectivity index (χ3n) is 5.16. The molecule has 1 heterocycles. The van der Waals surface area contributed by atoms with Crippen LogP contribution in [0.1, 0.15) is 12.5 Å². The molecule has 0 saturated carbocycles. The van der Waals surface area contributed by atoms with Crippen molar-refractivity contribution in [2.75, 3.05) is 32.8 Å². The molecule has 1 fully saturated rings. The number of hydrogen-bond acceptors (Lipinski definition) is 6. The highest BCUT2D eigenvalue weighted by Crippen LogP contribution is 2.20. The Hall–Kier alpha value is -2.46. The normalized spacial score (nSPS) is 17.2. The van der Waals surface area contributed by atoms with E-state index in [-0.39, 0.29) is 11.4 Å². The largest absolute Gasteiger partial charge is 0.489 e. The van der Waals surface area contributed by atoms with Crippen molar-refractivity contribution in [1.29, 1.82) is 0 Å².